The van der Waals surface area contributed by atoms with Crippen molar-refractivity contribution in [1.82, 2.24) is 5.32 Å². The molecule has 1 heterocycles. The van der Waals surface area contributed by atoms with Gasteiger partial charge in [0.25, 0.3) is 0 Å². The Bertz CT molecular complexity index is 283. The molecule has 0 fully saturated rings. The van der Waals surface area contributed by atoms with Gasteiger partial charge in [0.15, 0.2) is 0 Å². The molecule has 3 N–H and O–H groups in total. The van der Waals surface area contributed by atoms with E-state index in [4.69, 9.17) is 5.73 Å². The molecule has 0 aliphatic heterocycles. The second-order valence-corrected chi connectivity index (χ2v) is 5.41. The minimum absolute atomic E-state index is 0.727. The molecule has 1 aliphatic rings. The molecule has 0 amide bonds. The Balaban J connectivity index is 1.96. The van der Waals surface area contributed by atoms with Gasteiger partial charge in [0.05, 0.1) is 0 Å². The zero-order valence-electron chi connectivity index (χ0n) is 9.22. The number of hydrogen-bond donors (Lipinski definition) is 2. The molecular formula is C12H20N2S. The molecule has 2 rings (SSSR count). The van der Waals surface area contributed by atoms with Gasteiger partial charge >= 0.3 is 0 Å². The van der Waals surface area contributed by atoms with Gasteiger partial charge in [-0.05, 0) is 37.3 Å². The van der Waals surface area contributed by atoms with Gasteiger partial charge in [0.1, 0.15) is 0 Å². The Kier molecular flexibility index (Phi) is 4.18. The number of hydrogen-bond acceptors (Lipinski definition) is 3. The Morgan fingerprint density at radius 3 is 3.00 bits per heavy atom. The van der Waals surface area contributed by atoms with Crippen LogP contribution in [-0.4, -0.2) is 13.1 Å². The van der Waals surface area contributed by atoms with Crippen LogP contribution in [0.4, 0.5) is 0 Å². The Labute approximate surface area is 95.9 Å². The van der Waals surface area contributed by atoms with Gasteiger partial charge in [-0.1, -0.05) is 6.42 Å². The van der Waals surface area contributed by atoms with E-state index in [2.05, 4.69) is 11.4 Å². The van der Waals surface area contributed by atoms with Crippen LogP contribution in [0.2, 0.25) is 0 Å². The number of aryl methyl sites for hydroxylation is 2. The lowest BCUT2D eigenvalue weighted by Crippen LogP contribution is -2.21. The molecule has 1 aliphatic carbocycles. The minimum Gasteiger partial charge on any atom is -0.329 e. The summed E-state index contributed by atoms with van der Waals surface area (Å²) in [5.41, 5.74) is 7.06. The highest BCUT2D eigenvalue weighted by Gasteiger charge is 2.11. The van der Waals surface area contributed by atoms with Crippen molar-refractivity contribution in [3.8, 4) is 0 Å². The van der Waals surface area contributed by atoms with Gasteiger partial charge in [0, 0.05) is 29.4 Å². The highest BCUT2D eigenvalue weighted by atomic mass is 32.1. The van der Waals surface area contributed by atoms with Crippen LogP contribution in [0.15, 0.2) is 6.07 Å². The van der Waals surface area contributed by atoms with E-state index in [1.54, 1.807) is 10.4 Å². The van der Waals surface area contributed by atoms with Crippen molar-refractivity contribution in [2.24, 2.45) is 5.73 Å². The SMILES string of the molecule is NCCNCc1cc2c(s1)CCCCC2. The molecular weight excluding hydrogens is 204 g/mol. The summed E-state index contributed by atoms with van der Waals surface area (Å²) in [6.07, 6.45) is 6.75. The highest BCUT2D eigenvalue weighted by molar-refractivity contribution is 7.12. The Morgan fingerprint density at radius 1 is 1.27 bits per heavy atom. The van der Waals surface area contributed by atoms with Crippen LogP contribution in [0.25, 0.3) is 0 Å². The maximum absolute atomic E-state index is 5.45. The van der Waals surface area contributed by atoms with Gasteiger partial charge in [-0.2, -0.15) is 0 Å². The van der Waals surface area contributed by atoms with Gasteiger partial charge in [-0.15, -0.1) is 11.3 Å². The van der Waals surface area contributed by atoms with Crippen molar-refractivity contribution >= 4 is 11.3 Å². The molecule has 0 radical (unpaired) electrons. The summed E-state index contributed by atoms with van der Waals surface area (Å²) < 4.78 is 0. The van der Waals surface area contributed by atoms with E-state index in [1.165, 1.54) is 37.0 Å². The topological polar surface area (TPSA) is 38.0 Å². The predicted octanol–water partition coefficient (Wildman–Crippen LogP) is 2.07. The molecule has 0 unspecified atom stereocenters. The summed E-state index contributed by atoms with van der Waals surface area (Å²) in [4.78, 5) is 3.12. The second-order valence-electron chi connectivity index (χ2n) is 4.19. The normalized spacial score (nSPS) is 16.1. The zero-order chi connectivity index (χ0) is 10.5. The largest absolute Gasteiger partial charge is 0.329 e. The van der Waals surface area contributed by atoms with Crippen LogP contribution in [-0.2, 0) is 19.4 Å². The van der Waals surface area contributed by atoms with Gasteiger partial charge in [0.2, 0.25) is 0 Å². The lowest BCUT2D eigenvalue weighted by atomic mass is 10.1. The standard InChI is InChI=1S/C12H20N2S/c13-6-7-14-9-11-8-10-4-2-1-3-5-12(10)15-11/h8,14H,1-7,9,13H2. The van der Waals surface area contributed by atoms with Crippen molar-refractivity contribution in [2.45, 2.75) is 38.6 Å². The first-order chi connectivity index (χ1) is 7.40. The van der Waals surface area contributed by atoms with Crippen LogP contribution >= 0.6 is 11.3 Å². The van der Waals surface area contributed by atoms with Crippen molar-refractivity contribution in [3.05, 3.63) is 21.4 Å². The predicted molar refractivity (Wildman–Crippen MR) is 66.3 cm³/mol. The second kappa shape index (κ2) is 5.64. The van der Waals surface area contributed by atoms with Crippen LogP contribution < -0.4 is 11.1 Å². The van der Waals surface area contributed by atoms with E-state index >= 15 is 0 Å². The maximum atomic E-state index is 5.45. The lowest BCUT2D eigenvalue weighted by Gasteiger charge is -1.99. The monoisotopic (exact) mass is 224 g/mol. The summed E-state index contributed by atoms with van der Waals surface area (Å²) in [6.45, 7) is 2.64. The van der Waals surface area contributed by atoms with Crippen LogP contribution in [0.1, 0.15) is 34.6 Å². The highest BCUT2D eigenvalue weighted by Crippen LogP contribution is 2.28. The van der Waals surface area contributed by atoms with E-state index in [9.17, 15) is 0 Å². The van der Waals surface area contributed by atoms with E-state index in [0.29, 0.717) is 0 Å². The summed E-state index contributed by atoms with van der Waals surface area (Å²) in [7, 11) is 0. The van der Waals surface area contributed by atoms with Crippen LogP contribution in [0, 0.1) is 0 Å². The first-order valence-electron chi connectivity index (χ1n) is 5.91. The number of rotatable bonds is 4. The molecule has 0 atom stereocenters. The molecule has 0 saturated carbocycles. The summed E-state index contributed by atoms with van der Waals surface area (Å²) in [5.74, 6) is 0. The summed E-state index contributed by atoms with van der Waals surface area (Å²) in [5, 5.41) is 3.36. The van der Waals surface area contributed by atoms with E-state index < -0.39 is 0 Å². The molecule has 84 valence electrons. The third-order valence-electron chi connectivity index (χ3n) is 2.92. The molecule has 0 spiro atoms. The lowest BCUT2D eigenvalue weighted by molar-refractivity contribution is 0.698. The quantitative estimate of drug-likeness (QED) is 0.607. The minimum atomic E-state index is 0.727. The van der Waals surface area contributed by atoms with E-state index in [1.807, 2.05) is 11.3 Å². The fourth-order valence-corrected chi connectivity index (χ4v) is 3.36. The number of thiophene rings is 1. The molecule has 2 nitrogen and oxygen atoms in total. The fourth-order valence-electron chi connectivity index (χ4n) is 2.13. The zero-order valence-corrected chi connectivity index (χ0v) is 10.0. The smallest absolute Gasteiger partial charge is 0.0300 e. The Hall–Kier alpha value is -0.380. The fraction of sp³-hybridized carbons (Fsp3) is 0.667. The van der Waals surface area contributed by atoms with Gasteiger partial charge < -0.3 is 11.1 Å². The van der Waals surface area contributed by atoms with Gasteiger partial charge in [-0.3, -0.25) is 0 Å². The summed E-state index contributed by atoms with van der Waals surface area (Å²) in [6, 6.07) is 2.40. The maximum Gasteiger partial charge on any atom is 0.0300 e. The average molecular weight is 224 g/mol. The molecule has 3 heteroatoms. The third kappa shape index (κ3) is 3.03. The van der Waals surface area contributed by atoms with E-state index in [-0.39, 0.29) is 0 Å². The number of nitrogens with one attached hydrogen (secondary N) is 1. The van der Waals surface area contributed by atoms with Crippen molar-refractivity contribution in [3.63, 3.8) is 0 Å². The number of nitrogens with two attached hydrogens (primary N) is 1. The Morgan fingerprint density at radius 2 is 2.13 bits per heavy atom. The van der Waals surface area contributed by atoms with Crippen molar-refractivity contribution in [1.29, 1.82) is 0 Å². The van der Waals surface area contributed by atoms with Crippen molar-refractivity contribution < 1.29 is 0 Å². The summed E-state index contributed by atoms with van der Waals surface area (Å²) >= 11 is 2.00. The molecule has 0 saturated heterocycles. The third-order valence-corrected chi connectivity index (χ3v) is 4.16. The van der Waals surface area contributed by atoms with Crippen molar-refractivity contribution in [2.75, 3.05) is 13.1 Å². The van der Waals surface area contributed by atoms with Crippen LogP contribution in [0.3, 0.4) is 0 Å². The first kappa shape index (κ1) is 11.1. The molecule has 15 heavy (non-hydrogen) atoms. The van der Waals surface area contributed by atoms with Gasteiger partial charge in [-0.25, -0.2) is 0 Å². The average Bonchev–Trinajstić information content (AvgIpc) is 2.49. The molecule has 1 aromatic heterocycles. The molecule has 0 aromatic carbocycles. The molecule has 0 bridgehead atoms. The number of fused-ring (bicyclic) bond motifs is 1. The molecule has 1 aromatic rings. The first-order valence-corrected chi connectivity index (χ1v) is 6.73. The van der Waals surface area contributed by atoms with E-state index in [0.717, 1.165) is 19.6 Å². The van der Waals surface area contributed by atoms with Crippen LogP contribution in [0.5, 0.6) is 0 Å².